The highest BCUT2D eigenvalue weighted by atomic mass is 16.5. The SMILES string of the molecule is CC(C)CC/C(C(=O)O)=C(/CCCN1CCOCC1)C(=O)O. The van der Waals surface area contributed by atoms with Gasteiger partial charge in [0.2, 0.25) is 0 Å². The van der Waals surface area contributed by atoms with Gasteiger partial charge in [0.25, 0.3) is 0 Å². The van der Waals surface area contributed by atoms with Gasteiger partial charge in [-0.25, -0.2) is 9.59 Å². The van der Waals surface area contributed by atoms with Crippen molar-refractivity contribution in [1.82, 2.24) is 4.90 Å². The first-order valence-corrected chi connectivity index (χ1v) is 7.90. The molecule has 0 aromatic heterocycles. The topological polar surface area (TPSA) is 87.1 Å². The van der Waals surface area contributed by atoms with Crippen molar-refractivity contribution < 1.29 is 24.5 Å². The molecule has 0 aromatic carbocycles. The average molecular weight is 313 g/mol. The van der Waals surface area contributed by atoms with Crippen molar-refractivity contribution in [2.24, 2.45) is 5.92 Å². The zero-order valence-electron chi connectivity index (χ0n) is 13.5. The lowest BCUT2D eigenvalue weighted by molar-refractivity contribution is -0.136. The molecule has 0 saturated carbocycles. The van der Waals surface area contributed by atoms with Crippen molar-refractivity contribution in [1.29, 1.82) is 0 Å². The maximum Gasteiger partial charge on any atom is 0.332 e. The average Bonchev–Trinajstić information content (AvgIpc) is 2.45. The second kappa shape index (κ2) is 9.58. The Labute approximate surface area is 131 Å². The Morgan fingerprint density at radius 2 is 1.59 bits per heavy atom. The van der Waals surface area contributed by atoms with Crippen LogP contribution in [0.1, 0.15) is 39.5 Å². The number of rotatable bonds is 9. The highest BCUT2D eigenvalue weighted by Crippen LogP contribution is 2.20. The summed E-state index contributed by atoms with van der Waals surface area (Å²) >= 11 is 0. The number of hydrogen-bond acceptors (Lipinski definition) is 4. The summed E-state index contributed by atoms with van der Waals surface area (Å²) in [5.74, 6) is -1.87. The fourth-order valence-corrected chi connectivity index (χ4v) is 2.51. The molecule has 1 aliphatic rings. The molecule has 6 heteroatoms. The van der Waals surface area contributed by atoms with Crippen molar-refractivity contribution in [2.75, 3.05) is 32.8 Å². The highest BCUT2D eigenvalue weighted by molar-refractivity contribution is 5.98. The van der Waals surface area contributed by atoms with Crippen LogP contribution in [-0.2, 0) is 14.3 Å². The van der Waals surface area contributed by atoms with Crippen LogP contribution in [0.25, 0.3) is 0 Å². The standard InChI is InChI=1S/C16H27NO5/c1-12(2)5-6-14(16(20)21)13(15(18)19)4-3-7-17-8-10-22-11-9-17/h12H,3-11H2,1-2H3,(H,18,19)(H,20,21)/b14-13+. The number of ether oxygens (including phenoxy) is 1. The van der Waals surface area contributed by atoms with Crippen molar-refractivity contribution in [3.63, 3.8) is 0 Å². The Hall–Kier alpha value is -1.40. The van der Waals surface area contributed by atoms with Gasteiger partial charge < -0.3 is 14.9 Å². The quantitative estimate of drug-likeness (QED) is 0.633. The summed E-state index contributed by atoms with van der Waals surface area (Å²) in [7, 11) is 0. The lowest BCUT2D eigenvalue weighted by Crippen LogP contribution is -2.36. The van der Waals surface area contributed by atoms with E-state index in [1.807, 2.05) is 13.8 Å². The normalized spacial score (nSPS) is 17.4. The molecule has 6 nitrogen and oxygen atoms in total. The molecule has 0 spiro atoms. The maximum atomic E-state index is 11.4. The monoisotopic (exact) mass is 313 g/mol. The number of carboxylic acids is 2. The van der Waals surface area contributed by atoms with Crippen molar-refractivity contribution >= 4 is 11.9 Å². The van der Waals surface area contributed by atoms with E-state index in [0.717, 1.165) is 19.6 Å². The van der Waals surface area contributed by atoms with Crippen molar-refractivity contribution in [2.45, 2.75) is 39.5 Å². The van der Waals surface area contributed by atoms with Gasteiger partial charge in [0.1, 0.15) is 0 Å². The smallest absolute Gasteiger partial charge is 0.332 e. The zero-order chi connectivity index (χ0) is 16.5. The van der Waals surface area contributed by atoms with Crippen molar-refractivity contribution in [3.8, 4) is 0 Å². The Bertz CT molecular complexity index is 411. The third kappa shape index (κ3) is 6.58. The van der Waals surface area contributed by atoms with Crippen LogP contribution < -0.4 is 0 Å². The van der Waals surface area contributed by atoms with Crippen LogP contribution in [0.2, 0.25) is 0 Å². The van der Waals surface area contributed by atoms with Gasteiger partial charge in [0.05, 0.1) is 13.2 Å². The molecular weight excluding hydrogens is 286 g/mol. The van der Waals surface area contributed by atoms with Crippen LogP contribution in [0.3, 0.4) is 0 Å². The molecule has 22 heavy (non-hydrogen) atoms. The van der Waals surface area contributed by atoms with E-state index in [4.69, 9.17) is 4.74 Å². The Morgan fingerprint density at radius 3 is 2.09 bits per heavy atom. The molecule has 0 bridgehead atoms. The molecule has 0 atom stereocenters. The number of morpholine rings is 1. The highest BCUT2D eigenvalue weighted by Gasteiger charge is 2.20. The number of nitrogens with zero attached hydrogens (tertiary/aromatic N) is 1. The van der Waals surface area contributed by atoms with Gasteiger partial charge in [-0.1, -0.05) is 13.8 Å². The predicted molar refractivity (Wildman–Crippen MR) is 82.9 cm³/mol. The molecule has 126 valence electrons. The van der Waals surface area contributed by atoms with Crippen LogP contribution >= 0.6 is 0 Å². The predicted octanol–water partition coefficient (Wildman–Crippen LogP) is 2.00. The Balaban J connectivity index is 2.64. The van der Waals surface area contributed by atoms with Gasteiger partial charge in [-0.2, -0.15) is 0 Å². The first-order chi connectivity index (χ1) is 10.4. The fraction of sp³-hybridized carbons (Fsp3) is 0.750. The van der Waals surface area contributed by atoms with Crippen LogP contribution in [0.4, 0.5) is 0 Å². The van der Waals surface area contributed by atoms with Crippen molar-refractivity contribution in [3.05, 3.63) is 11.1 Å². The van der Waals surface area contributed by atoms with Gasteiger partial charge in [0.15, 0.2) is 0 Å². The molecule has 1 rings (SSSR count). The molecule has 2 N–H and O–H groups in total. The van der Waals surface area contributed by atoms with Crippen LogP contribution in [0.5, 0.6) is 0 Å². The van der Waals surface area contributed by atoms with Crippen LogP contribution in [0.15, 0.2) is 11.1 Å². The lowest BCUT2D eigenvalue weighted by Gasteiger charge is -2.26. The molecule has 1 saturated heterocycles. The summed E-state index contributed by atoms with van der Waals surface area (Å²) < 4.78 is 5.27. The summed E-state index contributed by atoms with van der Waals surface area (Å²) in [6.45, 7) is 7.89. The van der Waals surface area contributed by atoms with E-state index in [9.17, 15) is 19.8 Å². The summed E-state index contributed by atoms with van der Waals surface area (Å²) in [4.78, 5) is 25.0. The second-order valence-electron chi connectivity index (χ2n) is 6.06. The summed E-state index contributed by atoms with van der Waals surface area (Å²) in [5.41, 5.74) is 0.115. The van der Waals surface area contributed by atoms with E-state index in [1.54, 1.807) is 0 Å². The second-order valence-corrected chi connectivity index (χ2v) is 6.06. The maximum absolute atomic E-state index is 11.4. The molecule has 1 fully saturated rings. The van der Waals surface area contributed by atoms with Crippen LogP contribution in [-0.4, -0.2) is 59.9 Å². The number of hydrogen-bond donors (Lipinski definition) is 2. The summed E-state index contributed by atoms with van der Waals surface area (Å²) in [5, 5.41) is 18.6. The van der Waals surface area contributed by atoms with E-state index in [0.29, 0.717) is 44.8 Å². The molecular formula is C16H27NO5. The lowest BCUT2D eigenvalue weighted by atomic mass is 9.96. The fourth-order valence-electron chi connectivity index (χ4n) is 2.51. The molecule has 1 heterocycles. The first kappa shape index (κ1) is 18.6. The largest absolute Gasteiger partial charge is 0.478 e. The third-order valence-corrected chi connectivity index (χ3v) is 3.86. The van der Waals surface area contributed by atoms with Gasteiger partial charge in [-0.05, 0) is 38.1 Å². The molecule has 0 aliphatic carbocycles. The molecule has 0 unspecified atom stereocenters. The van der Waals surface area contributed by atoms with Gasteiger partial charge >= 0.3 is 11.9 Å². The third-order valence-electron chi connectivity index (χ3n) is 3.86. The molecule has 0 aromatic rings. The summed E-state index contributed by atoms with van der Waals surface area (Å²) in [6, 6.07) is 0. The molecule has 0 amide bonds. The molecule has 1 aliphatic heterocycles. The Morgan fingerprint density at radius 1 is 1.05 bits per heavy atom. The van der Waals surface area contributed by atoms with E-state index >= 15 is 0 Å². The van der Waals surface area contributed by atoms with E-state index in [-0.39, 0.29) is 11.1 Å². The van der Waals surface area contributed by atoms with Gasteiger partial charge in [-0.15, -0.1) is 0 Å². The van der Waals surface area contributed by atoms with Gasteiger partial charge in [0, 0.05) is 24.2 Å². The number of aliphatic carboxylic acids is 2. The first-order valence-electron chi connectivity index (χ1n) is 7.90. The minimum Gasteiger partial charge on any atom is -0.478 e. The minimum absolute atomic E-state index is 0.0569. The van der Waals surface area contributed by atoms with E-state index in [2.05, 4.69) is 4.90 Å². The zero-order valence-corrected chi connectivity index (χ0v) is 13.5. The number of carbonyl (C=O) groups is 2. The molecule has 0 radical (unpaired) electrons. The van der Waals surface area contributed by atoms with E-state index < -0.39 is 11.9 Å². The van der Waals surface area contributed by atoms with E-state index in [1.165, 1.54) is 0 Å². The summed E-state index contributed by atoms with van der Waals surface area (Å²) in [6.07, 6.45) is 1.95. The van der Waals surface area contributed by atoms with Gasteiger partial charge in [-0.3, -0.25) is 4.90 Å². The minimum atomic E-state index is -1.11. The number of carboxylic acid groups (broad SMARTS) is 2. The Kier molecular flexibility index (Phi) is 8.12. The van der Waals surface area contributed by atoms with Crippen LogP contribution in [0, 0.1) is 5.92 Å².